The van der Waals surface area contributed by atoms with Gasteiger partial charge in [0.15, 0.2) is 11.6 Å². The van der Waals surface area contributed by atoms with Gasteiger partial charge in [0.2, 0.25) is 0 Å². The number of hydrogen-bond acceptors (Lipinski definition) is 3. The number of aliphatic hydroxyl groups excluding tert-OH is 1. The van der Waals surface area contributed by atoms with Crippen LogP contribution in [0.1, 0.15) is 45.2 Å². The minimum Gasteiger partial charge on any atom is -0.494 e. The molecule has 0 saturated heterocycles. The van der Waals surface area contributed by atoms with Gasteiger partial charge >= 0.3 is 0 Å². The smallest absolute Gasteiger partial charge is 0.165 e. The van der Waals surface area contributed by atoms with Crippen LogP contribution < -0.4 is 10.1 Å². The molecule has 3 nitrogen and oxygen atoms in total. The van der Waals surface area contributed by atoms with Crippen LogP contribution in [0.15, 0.2) is 18.2 Å². The van der Waals surface area contributed by atoms with Gasteiger partial charge in [-0.25, -0.2) is 4.39 Å². The van der Waals surface area contributed by atoms with Gasteiger partial charge in [0.05, 0.1) is 7.11 Å². The first kappa shape index (κ1) is 16.9. The molecule has 1 rings (SSSR count). The largest absolute Gasteiger partial charge is 0.494 e. The molecule has 0 aliphatic carbocycles. The van der Waals surface area contributed by atoms with E-state index >= 15 is 0 Å². The van der Waals surface area contributed by atoms with E-state index in [1.165, 1.54) is 13.2 Å². The third kappa shape index (κ3) is 5.10. The van der Waals surface area contributed by atoms with Crippen LogP contribution in [0.2, 0.25) is 0 Å². The number of hydrogen-bond donors (Lipinski definition) is 2. The molecule has 1 atom stereocenters. The summed E-state index contributed by atoms with van der Waals surface area (Å²) in [6.45, 7) is 7.39. The predicted octanol–water partition coefficient (Wildman–Crippen LogP) is 3.28. The molecule has 1 aromatic carbocycles. The van der Waals surface area contributed by atoms with Crippen molar-refractivity contribution in [1.82, 2.24) is 5.32 Å². The molecule has 114 valence electrons. The van der Waals surface area contributed by atoms with Gasteiger partial charge in [-0.05, 0) is 42.9 Å². The lowest BCUT2D eigenvalue weighted by Gasteiger charge is -2.27. The second kappa shape index (κ2) is 7.60. The summed E-state index contributed by atoms with van der Waals surface area (Å²) in [5.41, 5.74) is 1.02. The minimum atomic E-state index is -0.335. The van der Waals surface area contributed by atoms with Gasteiger partial charge in [0.1, 0.15) is 0 Å². The summed E-state index contributed by atoms with van der Waals surface area (Å²) in [6, 6.07) is 5.11. The highest BCUT2D eigenvalue weighted by Crippen LogP contribution is 2.24. The number of methoxy groups -OCH3 is 1. The van der Waals surface area contributed by atoms with Gasteiger partial charge in [0.25, 0.3) is 0 Å². The third-order valence-electron chi connectivity index (χ3n) is 3.57. The van der Waals surface area contributed by atoms with Crippen molar-refractivity contribution >= 4 is 0 Å². The molecule has 0 amide bonds. The number of rotatable bonds is 8. The summed E-state index contributed by atoms with van der Waals surface area (Å²) in [5.74, 6) is -0.0672. The zero-order chi connectivity index (χ0) is 15.2. The van der Waals surface area contributed by atoms with Crippen LogP contribution in [0.25, 0.3) is 0 Å². The molecular weight excluding hydrogens is 257 g/mol. The van der Waals surface area contributed by atoms with Gasteiger partial charge in [0, 0.05) is 19.2 Å². The van der Waals surface area contributed by atoms with Gasteiger partial charge in [-0.3, -0.25) is 0 Å². The summed E-state index contributed by atoms with van der Waals surface area (Å²) in [6.07, 6.45) is 1.76. The Hall–Kier alpha value is -1.13. The maximum Gasteiger partial charge on any atom is 0.165 e. The predicted molar refractivity (Wildman–Crippen MR) is 79.5 cm³/mol. The first-order valence-electron chi connectivity index (χ1n) is 7.07. The van der Waals surface area contributed by atoms with Crippen molar-refractivity contribution in [3.63, 3.8) is 0 Å². The van der Waals surface area contributed by atoms with Gasteiger partial charge in [-0.1, -0.05) is 19.9 Å². The fourth-order valence-electron chi connectivity index (χ4n) is 2.15. The normalized spacial score (nSPS) is 13.3. The Kier molecular flexibility index (Phi) is 6.43. The number of aliphatic hydroxyl groups is 1. The van der Waals surface area contributed by atoms with Crippen molar-refractivity contribution < 1.29 is 14.2 Å². The van der Waals surface area contributed by atoms with Crippen LogP contribution in [-0.4, -0.2) is 25.4 Å². The number of nitrogens with one attached hydrogen (secondary N) is 1. The lowest BCUT2D eigenvalue weighted by molar-refractivity contribution is 0.233. The molecule has 0 fully saturated rings. The van der Waals surface area contributed by atoms with E-state index in [-0.39, 0.29) is 29.6 Å². The van der Waals surface area contributed by atoms with Crippen molar-refractivity contribution in [2.45, 2.75) is 39.7 Å². The molecule has 0 aromatic heterocycles. The molecule has 20 heavy (non-hydrogen) atoms. The SMILES string of the molecule is COc1ccc(C(C)NCC(C)(C)CCCO)cc1F. The molecule has 4 heteroatoms. The van der Waals surface area contributed by atoms with Crippen molar-refractivity contribution in [1.29, 1.82) is 0 Å². The van der Waals surface area contributed by atoms with Crippen molar-refractivity contribution in [2.75, 3.05) is 20.3 Å². The van der Waals surface area contributed by atoms with E-state index in [0.717, 1.165) is 24.9 Å². The van der Waals surface area contributed by atoms with E-state index in [1.807, 2.05) is 13.0 Å². The topological polar surface area (TPSA) is 41.5 Å². The van der Waals surface area contributed by atoms with Crippen LogP contribution in [0.5, 0.6) is 5.75 Å². The molecule has 0 aliphatic heterocycles. The zero-order valence-corrected chi connectivity index (χ0v) is 12.9. The molecule has 0 bridgehead atoms. The van der Waals surface area contributed by atoms with E-state index in [9.17, 15) is 4.39 Å². The van der Waals surface area contributed by atoms with Gasteiger partial charge < -0.3 is 15.2 Å². The van der Waals surface area contributed by atoms with Crippen LogP contribution in [0.3, 0.4) is 0 Å². The first-order valence-corrected chi connectivity index (χ1v) is 7.07. The Morgan fingerprint density at radius 1 is 1.40 bits per heavy atom. The number of benzene rings is 1. The van der Waals surface area contributed by atoms with Gasteiger partial charge in [-0.2, -0.15) is 0 Å². The second-order valence-corrected chi connectivity index (χ2v) is 5.99. The summed E-state index contributed by atoms with van der Waals surface area (Å²) in [5, 5.41) is 12.3. The fraction of sp³-hybridized carbons (Fsp3) is 0.625. The van der Waals surface area contributed by atoms with Crippen molar-refractivity contribution in [2.24, 2.45) is 5.41 Å². The Balaban J connectivity index is 2.58. The summed E-state index contributed by atoms with van der Waals surface area (Å²) >= 11 is 0. The lowest BCUT2D eigenvalue weighted by atomic mass is 9.87. The summed E-state index contributed by atoms with van der Waals surface area (Å²) in [7, 11) is 1.46. The van der Waals surface area contributed by atoms with Crippen LogP contribution in [0.4, 0.5) is 4.39 Å². The Morgan fingerprint density at radius 2 is 2.10 bits per heavy atom. The Bertz CT molecular complexity index is 421. The number of halogens is 1. The summed E-state index contributed by atoms with van der Waals surface area (Å²) in [4.78, 5) is 0. The molecular formula is C16H26FNO2. The average Bonchev–Trinajstić information content (AvgIpc) is 2.42. The molecule has 0 saturated carbocycles. The third-order valence-corrected chi connectivity index (χ3v) is 3.57. The highest BCUT2D eigenvalue weighted by molar-refractivity contribution is 5.30. The molecule has 0 heterocycles. The minimum absolute atomic E-state index is 0.0730. The summed E-state index contributed by atoms with van der Waals surface area (Å²) < 4.78 is 18.6. The Labute approximate surface area is 121 Å². The highest BCUT2D eigenvalue weighted by Gasteiger charge is 2.18. The average molecular weight is 283 g/mol. The lowest BCUT2D eigenvalue weighted by Crippen LogP contribution is -2.31. The van der Waals surface area contributed by atoms with E-state index in [4.69, 9.17) is 9.84 Å². The number of ether oxygens (including phenoxy) is 1. The molecule has 0 radical (unpaired) electrons. The van der Waals surface area contributed by atoms with Crippen molar-refractivity contribution in [3.05, 3.63) is 29.6 Å². The van der Waals surface area contributed by atoms with Crippen molar-refractivity contribution in [3.8, 4) is 5.75 Å². The van der Waals surface area contributed by atoms with E-state index in [1.54, 1.807) is 6.07 Å². The molecule has 1 aromatic rings. The second-order valence-electron chi connectivity index (χ2n) is 5.99. The van der Waals surface area contributed by atoms with Gasteiger partial charge in [-0.15, -0.1) is 0 Å². The highest BCUT2D eigenvalue weighted by atomic mass is 19.1. The first-order chi connectivity index (χ1) is 9.39. The fourth-order valence-corrected chi connectivity index (χ4v) is 2.15. The van der Waals surface area contributed by atoms with Crippen LogP contribution in [-0.2, 0) is 0 Å². The quantitative estimate of drug-likeness (QED) is 0.769. The van der Waals surface area contributed by atoms with E-state index in [0.29, 0.717) is 0 Å². The molecule has 1 unspecified atom stereocenters. The standard InChI is InChI=1S/C16H26FNO2/c1-12(18-11-16(2,3)8-5-9-19)13-6-7-15(20-4)14(17)10-13/h6-7,10,12,18-19H,5,8-9,11H2,1-4H3. The zero-order valence-electron chi connectivity index (χ0n) is 12.9. The van der Waals surface area contributed by atoms with Crippen LogP contribution >= 0.6 is 0 Å². The van der Waals surface area contributed by atoms with E-state index < -0.39 is 0 Å². The molecule has 0 aliphatic rings. The van der Waals surface area contributed by atoms with Crippen LogP contribution in [0, 0.1) is 11.2 Å². The molecule has 0 spiro atoms. The Morgan fingerprint density at radius 3 is 2.65 bits per heavy atom. The monoisotopic (exact) mass is 283 g/mol. The maximum absolute atomic E-state index is 13.7. The molecule has 2 N–H and O–H groups in total. The maximum atomic E-state index is 13.7. The van der Waals surface area contributed by atoms with E-state index in [2.05, 4.69) is 19.2 Å².